The van der Waals surface area contributed by atoms with Gasteiger partial charge < -0.3 is 9.84 Å². The van der Waals surface area contributed by atoms with Crippen LogP contribution in [0, 0.1) is 10.1 Å². The van der Waals surface area contributed by atoms with Gasteiger partial charge in [0.05, 0.1) is 23.1 Å². The van der Waals surface area contributed by atoms with E-state index in [2.05, 4.69) is 0 Å². The number of carbonyl (C=O) groups is 2. The van der Waals surface area contributed by atoms with Crippen molar-refractivity contribution in [1.29, 1.82) is 0 Å². The van der Waals surface area contributed by atoms with E-state index in [-0.39, 0.29) is 16.8 Å². The van der Waals surface area contributed by atoms with E-state index < -0.39 is 28.4 Å². The number of nitrogens with zero attached hydrogens (tertiary/aromatic N) is 2. The van der Waals surface area contributed by atoms with Crippen molar-refractivity contribution in [3.8, 4) is 5.75 Å². The van der Waals surface area contributed by atoms with Crippen molar-refractivity contribution >= 4 is 28.8 Å². The summed E-state index contributed by atoms with van der Waals surface area (Å²) in [7, 11) is 0. The molecule has 1 fully saturated rings. The molecule has 0 aromatic heterocycles. The summed E-state index contributed by atoms with van der Waals surface area (Å²) in [6.45, 7) is 2.28. The van der Waals surface area contributed by atoms with E-state index in [4.69, 9.17) is 4.74 Å². The Balaban J connectivity index is 1.88. The number of amides is 1. The van der Waals surface area contributed by atoms with Gasteiger partial charge >= 0.3 is 0 Å². The highest BCUT2D eigenvalue weighted by atomic mass is 16.6. The minimum Gasteiger partial charge on any atom is -0.507 e. The second-order valence-corrected chi connectivity index (χ2v) is 7.31. The molecule has 1 unspecified atom stereocenters. The Morgan fingerprint density at radius 1 is 1.03 bits per heavy atom. The lowest BCUT2D eigenvalue weighted by atomic mass is 9.95. The number of hydrogen-bond acceptors (Lipinski definition) is 6. The van der Waals surface area contributed by atoms with Crippen LogP contribution >= 0.6 is 0 Å². The van der Waals surface area contributed by atoms with Crippen LogP contribution in [0.4, 0.5) is 11.4 Å². The molecular weight excluding hydrogens is 424 g/mol. The third-order valence-corrected chi connectivity index (χ3v) is 5.32. The Morgan fingerprint density at radius 2 is 1.73 bits per heavy atom. The number of non-ortho nitro benzene ring substituents is 1. The lowest BCUT2D eigenvalue weighted by Gasteiger charge is -2.25. The molecule has 33 heavy (non-hydrogen) atoms. The molecule has 0 aliphatic carbocycles. The van der Waals surface area contributed by atoms with Crippen molar-refractivity contribution in [3.05, 3.63) is 106 Å². The van der Waals surface area contributed by atoms with Crippen LogP contribution < -0.4 is 9.64 Å². The number of ether oxygens (including phenoxy) is 1. The lowest BCUT2D eigenvalue weighted by molar-refractivity contribution is -0.384. The Morgan fingerprint density at radius 3 is 2.36 bits per heavy atom. The predicted molar refractivity (Wildman–Crippen MR) is 122 cm³/mol. The second-order valence-electron chi connectivity index (χ2n) is 7.31. The molecular formula is C25H20N2O6. The summed E-state index contributed by atoms with van der Waals surface area (Å²) >= 11 is 0. The van der Waals surface area contributed by atoms with Crippen LogP contribution in [0.2, 0.25) is 0 Å². The Kier molecular flexibility index (Phi) is 5.91. The number of rotatable bonds is 6. The fourth-order valence-electron chi connectivity index (χ4n) is 3.84. The molecule has 1 aliphatic heterocycles. The van der Waals surface area contributed by atoms with E-state index in [1.807, 2.05) is 13.0 Å². The quantitative estimate of drug-likeness (QED) is 0.195. The van der Waals surface area contributed by atoms with Crippen LogP contribution in [-0.4, -0.2) is 28.3 Å². The number of hydrogen-bond donors (Lipinski definition) is 1. The summed E-state index contributed by atoms with van der Waals surface area (Å²) in [6, 6.07) is 20.0. The van der Waals surface area contributed by atoms with E-state index in [1.165, 1.54) is 29.2 Å². The maximum absolute atomic E-state index is 13.1. The third kappa shape index (κ3) is 4.06. The van der Waals surface area contributed by atoms with Crippen LogP contribution in [0.1, 0.15) is 24.1 Å². The maximum atomic E-state index is 13.1. The fraction of sp³-hybridized carbons (Fsp3) is 0.120. The lowest BCUT2D eigenvalue weighted by Crippen LogP contribution is -2.29. The zero-order valence-corrected chi connectivity index (χ0v) is 17.7. The molecule has 0 bridgehead atoms. The average Bonchev–Trinajstić information content (AvgIpc) is 3.10. The van der Waals surface area contributed by atoms with Crippen molar-refractivity contribution in [2.24, 2.45) is 0 Å². The van der Waals surface area contributed by atoms with Gasteiger partial charge in [-0.3, -0.25) is 24.6 Å². The summed E-state index contributed by atoms with van der Waals surface area (Å²) in [5.41, 5.74) is 1.02. The van der Waals surface area contributed by atoms with Gasteiger partial charge in [-0.1, -0.05) is 36.4 Å². The number of benzene rings is 3. The number of aliphatic hydroxyl groups is 1. The molecule has 3 aromatic carbocycles. The van der Waals surface area contributed by atoms with E-state index in [9.17, 15) is 24.8 Å². The van der Waals surface area contributed by atoms with E-state index in [1.54, 1.807) is 48.5 Å². The van der Waals surface area contributed by atoms with Gasteiger partial charge in [0.15, 0.2) is 0 Å². The van der Waals surface area contributed by atoms with E-state index in [0.29, 0.717) is 23.6 Å². The number of ketones is 1. The number of nitro groups is 1. The molecule has 1 atom stereocenters. The van der Waals surface area contributed by atoms with Crippen LogP contribution in [0.3, 0.4) is 0 Å². The highest BCUT2D eigenvalue weighted by molar-refractivity contribution is 6.51. The first-order chi connectivity index (χ1) is 15.9. The predicted octanol–water partition coefficient (Wildman–Crippen LogP) is 4.62. The zero-order chi connectivity index (χ0) is 23.5. The van der Waals surface area contributed by atoms with Crippen molar-refractivity contribution in [1.82, 2.24) is 0 Å². The summed E-state index contributed by atoms with van der Waals surface area (Å²) in [5.74, 6) is -1.50. The molecule has 1 saturated heterocycles. The van der Waals surface area contributed by atoms with E-state index >= 15 is 0 Å². The molecule has 1 heterocycles. The SMILES string of the molecule is CCOc1cccc(N2C(=O)C(=O)/C(=C(/O)c3ccc([N+](=O)[O-])cc3)C2c2ccccc2)c1. The second kappa shape index (κ2) is 8.96. The summed E-state index contributed by atoms with van der Waals surface area (Å²) in [5, 5.41) is 22.0. The topological polar surface area (TPSA) is 110 Å². The standard InChI is InChI=1S/C25H20N2O6/c1-2-33-20-10-6-9-19(15-20)26-22(16-7-4-3-5-8-16)21(24(29)25(26)30)23(28)17-11-13-18(14-12-17)27(31)32/h3-15,22,28H,2H2,1H3/b23-21+. The van der Waals surface area contributed by atoms with Gasteiger partial charge in [0.2, 0.25) is 0 Å². The number of aliphatic hydroxyl groups excluding tert-OH is 1. The van der Waals surface area contributed by atoms with Crippen molar-refractivity contribution in [2.45, 2.75) is 13.0 Å². The van der Waals surface area contributed by atoms with Gasteiger partial charge in [-0.2, -0.15) is 0 Å². The summed E-state index contributed by atoms with van der Waals surface area (Å²) in [6.07, 6.45) is 0. The summed E-state index contributed by atoms with van der Waals surface area (Å²) in [4.78, 5) is 38.0. The van der Waals surface area contributed by atoms with Crippen LogP contribution in [0.15, 0.2) is 84.4 Å². The zero-order valence-electron chi connectivity index (χ0n) is 17.7. The number of anilines is 1. The maximum Gasteiger partial charge on any atom is 0.300 e. The fourth-order valence-corrected chi connectivity index (χ4v) is 3.84. The minimum absolute atomic E-state index is 0.0955. The van der Waals surface area contributed by atoms with Gasteiger partial charge in [0.1, 0.15) is 11.5 Å². The minimum atomic E-state index is -0.890. The van der Waals surface area contributed by atoms with Gasteiger partial charge in [0.25, 0.3) is 17.4 Å². The van der Waals surface area contributed by atoms with E-state index in [0.717, 1.165) is 0 Å². The molecule has 1 aliphatic rings. The van der Waals surface area contributed by atoms with Gasteiger partial charge in [-0.15, -0.1) is 0 Å². The molecule has 0 spiro atoms. The van der Waals surface area contributed by atoms with Gasteiger partial charge in [0, 0.05) is 29.4 Å². The molecule has 1 amide bonds. The summed E-state index contributed by atoms with van der Waals surface area (Å²) < 4.78 is 5.54. The smallest absolute Gasteiger partial charge is 0.300 e. The molecule has 8 nitrogen and oxygen atoms in total. The number of Topliss-reactive ketones (excluding diaryl/α,β-unsaturated/α-hetero) is 1. The monoisotopic (exact) mass is 444 g/mol. The molecule has 3 aromatic rings. The molecule has 1 N–H and O–H groups in total. The first-order valence-corrected chi connectivity index (χ1v) is 10.3. The Hall–Kier alpha value is -4.46. The Labute approximate surface area is 189 Å². The highest BCUT2D eigenvalue weighted by Crippen LogP contribution is 2.42. The molecule has 8 heteroatoms. The molecule has 4 rings (SSSR count). The van der Waals surface area contributed by atoms with Gasteiger partial charge in [-0.05, 0) is 36.8 Å². The third-order valence-electron chi connectivity index (χ3n) is 5.32. The van der Waals surface area contributed by atoms with Crippen molar-refractivity contribution < 1.29 is 24.4 Å². The molecule has 0 radical (unpaired) electrons. The first-order valence-electron chi connectivity index (χ1n) is 10.3. The number of carbonyl (C=O) groups excluding carboxylic acids is 2. The van der Waals surface area contributed by atoms with Crippen LogP contribution in [0.25, 0.3) is 5.76 Å². The average molecular weight is 444 g/mol. The largest absolute Gasteiger partial charge is 0.507 e. The van der Waals surface area contributed by atoms with Crippen molar-refractivity contribution in [2.75, 3.05) is 11.5 Å². The van der Waals surface area contributed by atoms with Crippen molar-refractivity contribution in [3.63, 3.8) is 0 Å². The van der Waals surface area contributed by atoms with Gasteiger partial charge in [-0.25, -0.2) is 0 Å². The Bertz CT molecular complexity index is 1250. The van der Waals surface area contributed by atoms with Crippen LogP contribution in [0.5, 0.6) is 5.75 Å². The normalized spacial score (nSPS) is 17.2. The molecule has 0 saturated carbocycles. The molecule has 166 valence electrons. The number of nitro benzene ring substituents is 1. The van der Waals surface area contributed by atoms with Crippen LogP contribution in [-0.2, 0) is 9.59 Å². The first kappa shape index (κ1) is 21.8. The highest BCUT2D eigenvalue weighted by Gasteiger charge is 2.47.